The molecule has 0 aliphatic carbocycles. The Labute approximate surface area is 54.5 Å². The average Bonchev–Trinajstić information content (AvgIpc) is 1.91. The molecule has 0 saturated carbocycles. The van der Waals surface area contributed by atoms with Crippen molar-refractivity contribution in [3.63, 3.8) is 0 Å². The predicted octanol–water partition coefficient (Wildman–Crippen LogP) is 0.685. The number of methoxy groups -OCH3 is 1. The van der Waals surface area contributed by atoms with Crippen LogP contribution >= 0.6 is 0 Å². The van der Waals surface area contributed by atoms with Crippen molar-refractivity contribution in [2.45, 2.75) is 6.10 Å². The van der Waals surface area contributed by atoms with Gasteiger partial charge < -0.3 is 9.47 Å². The van der Waals surface area contributed by atoms with Gasteiger partial charge in [-0.25, -0.2) is 0 Å². The number of hydrogen-bond donors (Lipinski definition) is 0. The average molecular weight is 127 g/mol. The molecule has 0 heterocycles. The van der Waals surface area contributed by atoms with Gasteiger partial charge in [0.1, 0.15) is 6.79 Å². The standard InChI is InChI=1S/C6H9NO2/c1-3-6(4-7)9-5-8-2/h3,6H,1,5H2,2H3/t6-/m0/s1. The minimum atomic E-state index is -0.551. The van der Waals surface area contributed by atoms with Crippen LogP contribution in [0.5, 0.6) is 0 Å². The van der Waals surface area contributed by atoms with Crippen molar-refractivity contribution < 1.29 is 9.47 Å². The number of ether oxygens (including phenoxy) is 2. The zero-order valence-corrected chi connectivity index (χ0v) is 5.33. The Morgan fingerprint density at radius 3 is 2.89 bits per heavy atom. The SMILES string of the molecule is C=C[C@@H](C#N)OCOC. The van der Waals surface area contributed by atoms with Crippen LogP contribution in [0.25, 0.3) is 0 Å². The lowest BCUT2D eigenvalue weighted by atomic mass is 10.4. The molecule has 0 radical (unpaired) electrons. The minimum Gasteiger partial charge on any atom is -0.359 e. The maximum Gasteiger partial charge on any atom is 0.164 e. The highest BCUT2D eigenvalue weighted by Gasteiger charge is 1.97. The molecule has 0 fully saturated rings. The summed E-state index contributed by atoms with van der Waals surface area (Å²) in [5, 5.41) is 8.25. The first kappa shape index (κ1) is 8.15. The molecule has 0 aromatic heterocycles. The monoisotopic (exact) mass is 127 g/mol. The lowest BCUT2D eigenvalue weighted by Crippen LogP contribution is -2.08. The summed E-state index contributed by atoms with van der Waals surface area (Å²) in [6, 6.07) is 1.87. The normalized spacial score (nSPS) is 12.0. The van der Waals surface area contributed by atoms with Crippen LogP contribution in [0.1, 0.15) is 0 Å². The van der Waals surface area contributed by atoms with Gasteiger partial charge in [0.2, 0.25) is 0 Å². The first-order chi connectivity index (χ1) is 4.35. The van der Waals surface area contributed by atoms with Gasteiger partial charge >= 0.3 is 0 Å². The van der Waals surface area contributed by atoms with E-state index in [-0.39, 0.29) is 6.79 Å². The van der Waals surface area contributed by atoms with Gasteiger partial charge in [-0.2, -0.15) is 5.26 Å². The molecule has 0 unspecified atom stereocenters. The van der Waals surface area contributed by atoms with Crippen LogP contribution in [0, 0.1) is 11.3 Å². The van der Waals surface area contributed by atoms with Crippen molar-refractivity contribution in [1.29, 1.82) is 5.26 Å². The van der Waals surface area contributed by atoms with E-state index in [2.05, 4.69) is 11.3 Å². The highest BCUT2D eigenvalue weighted by Crippen LogP contribution is 1.89. The topological polar surface area (TPSA) is 42.2 Å². The summed E-state index contributed by atoms with van der Waals surface area (Å²) in [4.78, 5) is 0. The van der Waals surface area contributed by atoms with E-state index in [1.165, 1.54) is 13.2 Å². The van der Waals surface area contributed by atoms with Crippen LogP contribution in [-0.2, 0) is 9.47 Å². The third-order valence-corrected chi connectivity index (χ3v) is 0.707. The van der Waals surface area contributed by atoms with Crippen LogP contribution in [0.2, 0.25) is 0 Å². The Balaban J connectivity index is 3.34. The molecule has 0 aliphatic rings. The van der Waals surface area contributed by atoms with E-state index >= 15 is 0 Å². The zero-order valence-electron chi connectivity index (χ0n) is 5.33. The maximum atomic E-state index is 8.25. The fourth-order valence-corrected chi connectivity index (χ4v) is 0.299. The predicted molar refractivity (Wildman–Crippen MR) is 32.6 cm³/mol. The van der Waals surface area contributed by atoms with Crippen molar-refractivity contribution in [3.8, 4) is 6.07 Å². The van der Waals surface area contributed by atoms with Gasteiger partial charge in [0.15, 0.2) is 6.10 Å². The van der Waals surface area contributed by atoms with Gasteiger partial charge in [0.05, 0.1) is 6.07 Å². The molecule has 0 rings (SSSR count). The van der Waals surface area contributed by atoms with Crippen LogP contribution in [-0.4, -0.2) is 20.0 Å². The molecule has 0 saturated heterocycles. The molecular formula is C6H9NO2. The second kappa shape index (κ2) is 5.29. The molecule has 0 aromatic rings. The number of nitrogens with zero attached hydrogens (tertiary/aromatic N) is 1. The van der Waals surface area contributed by atoms with Gasteiger partial charge in [-0.15, -0.1) is 0 Å². The Kier molecular flexibility index (Phi) is 4.79. The molecule has 0 bridgehead atoms. The molecular weight excluding hydrogens is 118 g/mol. The van der Waals surface area contributed by atoms with E-state index < -0.39 is 6.10 Å². The van der Waals surface area contributed by atoms with Gasteiger partial charge in [-0.3, -0.25) is 0 Å². The van der Waals surface area contributed by atoms with E-state index in [4.69, 9.17) is 10.00 Å². The van der Waals surface area contributed by atoms with Crippen molar-refractivity contribution in [2.24, 2.45) is 0 Å². The van der Waals surface area contributed by atoms with Crippen molar-refractivity contribution in [2.75, 3.05) is 13.9 Å². The summed E-state index contributed by atoms with van der Waals surface area (Å²) in [7, 11) is 1.50. The smallest absolute Gasteiger partial charge is 0.164 e. The van der Waals surface area contributed by atoms with Crippen LogP contribution in [0.15, 0.2) is 12.7 Å². The largest absolute Gasteiger partial charge is 0.359 e. The third-order valence-electron chi connectivity index (χ3n) is 0.707. The molecule has 3 nitrogen and oxygen atoms in total. The Morgan fingerprint density at radius 1 is 1.89 bits per heavy atom. The molecule has 50 valence electrons. The van der Waals surface area contributed by atoms with Gasteiger partial charge in [-0.1, -0.05) is 6.58 Å². The molecule has 3 heteroatoms. The Bertz CT molecular complexity index is 117. The fraction of sp³-hybridized carbons (Fsp3) is 0.500. The van der Waals surface area contributed by atoms with E-state index in [0.29, 0.717) is 0 Å². The highest BCUT2D eigenvalue weighted by molar-refractivity contribution is 4.97. The minimum absolute atomic E-state index is 0.129. The Morgan fingerprint density at radius 2 is 2.56 bits per heavy atom. The van der Waals surface area contributed by atoms with Crippen LogP contribution in [0.4, 0.5) is 0 Å². The number of nitriles is 1. The summed E-state index contributed by atoms with van der Waals surface area (Å²) in [5.41, 5.74) is 0. The summed E-state index contributed by atoms with van der Waals surface area (Å²) in [5.74, 6) is 0. The fourth-order valence-electron chi connectivity index (χ4n) is 0.299. The lowest BCUT2D eigenvalue weighted by molar-refractivity contribution is -0.0388. The van der Waals surface area contributed by atoms with Gasteiger partial charge in [0.25, 0.3) is 0 Å². The second-order valence-corrected chi connectivity index (χ2v) is 1.36. The van der Waals surface area contributed by atoms with Gasteiger partial charge in [0, 0.05) is 7.11 Å². The summed E-state index contributed by atoms with van der Waals surface area (Å²) in [6.45, 7) is 3.51. The molecule has 0 N–H and O–H groups in total. The third kappa shape index (κ3) is 3.71. The van der Waals surface area contributed by atoms with Gasteiger partial charge in [-0.05, 0) is 6.08 Å². The zero-order chi connectivity index (χ0) is 7.11. The molecule has 1 atom stereocenters. The van der Waals surface area contributed by atoms with E-state index in [1.54, 1.807) is 0 Å². The quantitative estimate of drug-likeness (QED) is 0.412. The van der Waals surface area contributed by atoms with Crippen molar-refractivity contribution in [1.82, 2.24) is 0 Å². The van der Waals surface area contributed by atoms with E-state index in [1.807, 2.05) is 6.07 Å². The summed E-state index contributed by atoms with van der Waals surface area (Å²) < 4.78 is 9.34. The van der Waals surface area contributed by atoms with Crippen molar-refractivity contribution in [3.05, 3.63) is 12.7 Å². The summed E-state index contributed by atoms with van der Waals surface area (Å²) >= 11 is 0. The number of hydrogen-bond acceptors (Lipinski definition) is 3. The molecule has 0 aliphatic heterocycles. The first-order valence-electron chi connectivity index (χ1n) is 2.48. The maximum absolute atomic E-state index is 8.25. The molecule has 0 amide bonds. The van der Waals surface area contributed by atoms with Crippen LogP contribution in [0.3, 0.4) is 0 Å². The van der Waals surface area contributed by atoms with E-state index in [9.17, 15) is 0 Å². The van der Waals surface area contributed by atoms with Crippen molar-refractivity contribution >= 4 is 0 Å². The Hall–Kier alpha value is -0.850. The molecule has 9 heavy (non-hydrogen) atoms. The number of rotatable bonds is 4. The van der Waals surface area contributed by atoms with Crippen LogP contribution < -0.4 is 0 Å². The molecule has 0 spiro atoms. The molecule has 0 aromatic carbocycles. The first-order valence-corrected chi connectivity index (χ1v) is 2.48. The lowest BCUT2D eigenvalue weighted by Gasteiger charge is -2.02. The highest BCUT2D eigenvalue weighted by atomic mass is 16.7. The van der Waals surface area contributed by atoms with E-state index in [0.717, 1.165) is 0 Å². The summed E-state index contributed by atoms with van der Waals surface area (Å²) in [6.07, 6.45) is 0.865. The second-order valence-electron chi connectivity index (χ2n) is 1.36.